The summed E-state index contributed by atoms with van der Waals surface area (Å²) in [6, 6.07) is 1.47. The molecule has 0 aliphatic carbocycles. The van der Waals surface area contributed by atoms with Crippen molar-refractivity contribution in [2.45, 2.75) is 12.8 Å². The molecule has 2 heterocycles. The molecule has 0 spiro atoms. The fourth-order valence-corrected chi connectivity index (χ4v) is 1.80. The Morgan fingerprint density at radius 2 is 2.24 bits per heavy atom. The first-order chi connectivity index (χ1) is 8.25. The molecule has 92 valence electrons. The fraction of sp³-hybridized carbons (Fsp3) is 0.545. The first kappa shape index (κ1) is 11.8. The normalized spacial score (nSPS) is 16.0. The summed E-state index contributed by atoms with van der Waals surface area (Å²) < 4.78 is 5.33. The summed E-state index contributed by atoms with van der Waals surface area (Å²) in [5.74, 6) is -1.07. The molecule has 1 aliphatic rings. The number of carbonyl (C=O) groups is 1. The van der Waals surface area contributed by atoms with Gasteiger partial charge in [-0.2, -0.15) is 4.98 Å². The highest BCUT2D eigenvalue weighted by Gasteiger charge is 2.11. The first-order valence-electron chi connectivity index (χ1n) is 5.67. The molecule has 1 fully saturated rings. The van der Waals surface area contributed by atoms with Crippen molar-refractivity contribution in [3.05, 3.63) is 18.0 Å². The van der Waals surface area contributed by atoms with Gasteiger partial charge in [0.1, 0.15) is 6.61 Å². The molecule has 2 rings (SSSR count). The lowest BCUT2D eigenvalue weighted by molar-refractivity contribution is 0.0688. The molecule has 1 N–H and O–H groups in total. The van der Waals surface area contributed by atoms with Crippen LogP contribution in [0.5, 0.6) is 6.01 Å². The van der Waals surface area contributed by atoms with Gasteiger partial charge in [-0.05, 0) is 32.0 Å². The Morgan fingerprint density at radius 1 is 1.47 bits per heavy atom. The maximum absolute atomic E-state index is 10.7. The number of hydrogen-bond acceptors (Lipinski definition) is 5. The number of rotatable bonds is 5. The van der Waals surface area contributed by atoms with Gasteiger partial charge in [0.25, 0.3) is 0 Å². The van der Waals surface area contributed by atoms with Gasteiger partial charge in [0.15, 0.2) is 5.69 Å². The number of carboxylic acid groups (broad SMARTS) is 1. The van der Waals surface area contributed by atoms with E-state index in [1.54, 1.807) is 0 Å². The zero-order valence-corrected chi connectivity index (χ0v) is 9.50. The van der Waals surface area contributed by atoms with E-state index in [0.29, 0.717) is 6.61 Å². The average molecular weight is 237 g/mol. The van der Waals surface area contributed by atoms with Crippen molar-refractivity contribution in [2.75, 3.05) is 26.2 Å². The molecule has 6 nitrogen and oxygen atoms in total. The Kier molecular flexibility index (Phi) is 3.87. The van der Waals surface area contributed by atoms with Crippen LogP contribution in [0.2, 0.25) is 0 Å². The maximum atomic E-state index is 10.7. The molecule has 0 amide bonds. The quantitative estimate of drug-likeness (QED) is 0.810. The molecule has 0 aromatic carbocycles. The van der Waals surface area contributed by atoms with Crippen LogP contribution in [0.3, 0.4) is 0 Å². The topological polar surface area (TPSA) is 75.6 Å². The molecule has 6 heteroatoms. The number of aromatic nitrogens is 2. The van der Waals surface area contributed by atoms with Crippen molar-refractivity contribution in [1.29, 1.82) is 0 Å². The Bertz CT molecular complexity index is 391. The van der Waals surface area contributed by atoms with Crippen molar-refractivity contribution in [1.82, 2.24) is 14.9 Å². The van der Waals surface area contributed by atoms with E-state index in [1.165, 1.54) is 25.1 Å². The van der Waals surface area contributed by atoms with Gasteiger partial charge in [0, 0.05) is 12.7 Å². The minimum Gasteiger partial charge on any atom is -0.477 e. The van der Waals surface area contributed by atoms with E-state index in [0.717, 1.165) is 19.6 Å². The SMILES string of the molecule is O=C(O)c1ccnc(OCCN2CCCC2)n1. The number of ether oxygens (including phenoxy) is 1. The Hall–Kier alpha value is -1.69. The summed E-state index contributed by atoms with van der Waals surface area (Å²) in [4.78, 5) is 20.6. The van der Waals surface area contributed by atoms with Crippen LogP contribution in [0, 0.1) is 0 Å². The molecule has 1 aromatic rings. The second-order valence-corrected chi connectivity index (χ2v) is 3.93. The average Bonchev–Trinajstić information content (AvgIpc) is 2.82. The van der Waals surface area contributed by atoms with Crippen molar-refractivity contribution in [2.24, 2.45) is 0 Å². The summed E-state index contributed by atoms with van der Waals surface area (Å²) in [5, 5.41) is 8.75. The zero-order chi connectivity index (χ0) is 12.1. The van der Waals surface area contributed by atoms with E-state index in [2.05, 4.69) is 14.9 Å². The van der Waals surface area contributed by atoms with Crippen LogP contribution in [0.4, 0.5) is 0 Å². The van der Waals surface area contributed by atoms with Crippen molar-refractivity contribution in [3.63, 3.8) is 0 Å². The maximum Gasteiger partial charge on any atom is 0.354 e. The number of hydrogen-bond donors (Lipinski definition) is 1. The predicted molar refractivity (Wildman–Crippen MR) is 60.2 cm³/mol. The van der Waals surface area contributed by atoms with Gasteiger partial charge >= 0.3 is 12.0 Å². The fourth-order valence-electron chi connectivity index (χ4n) is 1.80. The van der Waals surface area contributed by atoms with Crippen molar-refractivity contribution in [3.8, 4) is 6.01 Å². The minimum atomic E-state index is -1.07. The van der Waals surface area contributed by atoms with E-state index in [-0.39, 0.29) is 11.7 Å². The van der Waals surface area contributed by atoms with Crippen molar-refractivity contribution >= 4 is 5.97 Å². The number of nitrogens with zero attached hydrogens (tertiary/aromatic N) is 3. The number of carboxylic acids is 1. The molecule has 0 unspecified atom stereocenters. The van der Waals surface area contributed by atoms with Gasteiger partial charge in [-0.15, -0.1) is 0 Å². The van der Waals surface area contributed by atoms with Gasteiger partial charge in [-0.1, -0.05) is 0 Å². The molecule has 0 saturated carbocycles. The standard InChI is InChI=1S/C11H15N3O3/c15-10(16)9-3-4-12-11(13-9)17-8-7-14-5-1-2-6-14/h3-4H,1-2,5-8H2,(H,15,16). The lowest BCUT2D eigenvalue weighted by Gasteiger charge is -2.13. The number of aromatic carboxylic acids is 1. The summed E-state index contributed by atoms with van der Waals surface area (Å²) in [7, 11) is 0. The van der Waals surface area contributed by atoms with Gasteiger partial charge in [-0.25, -0.2) is 9.78 Å². The van der Waals surface area contributed by atoms with E-state index in [4.69, 9.17) is 9.84 Å². The lowest BCUT2D eigenvalue weighted by Crippen LogP contribution is -2.25. The third kappa shape index (κ3) is 3.39. The first-order valence-corrected chi connectivity index (χ1v) is 5.67. The van der Waals surface area contributed by atoms with Crippen LogP contribution >= 0.6 is 0 Å². The van der Waals surface area contributed by atoms with Crippen LogP contribution in [0.15, 0.2) is 12.3 Å². The Morgan fingerprint density at radius 3 is 2.94 bits per heavy atom. The summed E-state index contributed by atoms with van der Waals surface area (Å²) in [6.45, 7) is 3.54. The van der Waals surface area contributed by atoms with E-state index < -0.39 is 5.97 Å². The van der Waals surface area contributed by atoms with E-state index >= 15 is 0 Å². The van der Waals surface area contributed by atoms with Gasteiger partial charge < -0.3 is 9.84 Å². The summed E-state index contributed by atoms with van der Waals surface area (Å²) in [5.41, 5.74) is -0.0452. The molecular formula is C11H15N3O3. The van der Waals surface area contributed by atoms with Crippen LogP contribution in [-0.2, 0) is 0 Å². The molecule has 0 radical (unpaired) electrons. The molecular weight excluding hydrogens is 222 g/mol. The van der Waals surface area contributed by atoms with Gasteiger partial charge in [-0.3, -0.25) is 4.90 Å². The van der Waals surface area contributed by atoms with E-state index in [9.17, 15) is 4.79 Å². The van der Waals surface area contributed by atoms with Crippen LogP contribution in [-0.4, -0.2) is 52.2 Å². The molecule has 1 saturated heterocycles. The highest BCUT2D eigenvalue weighted by Crippen LogP contribution is 2.07. The molecule has 0 bridgehead atoms. The second kappa shape index (κ2) is 5.58. The summed E-state index contributed by atoms with van der Waals surface area (Å²) >= 11 is 0. The van der Waals surface area contributed by atoms with Crippen LogP contribution < -0.4 is 4.74 Å². The van der Waals surface area contributed by atoms with E-state index in [1.807, 2.05) is 0 Å². The molecule has 0 atom stereocenters. The summed E-state index contributed by atoms with van der Waals surface area (Å²) in [6.07, 6.45) is 3.87. The molecule has 17 heavy (non-hydrogen) atoms. The lowest BCUT2D eigenvalue weighted by atomic mass is 10.4. The monoisotopic (exact) mass is 237 g/mol. The molecule has 1 aliphatic heterocycles. The Balaban J connectivity index is 1.81. The highest BCUT2D eigenvalue weighted by atomic mass is 16.5. The Labute approximate surface area is 99.2 Å². The predicted octanol–water partition coefficient (Wildman–Crippen LogP) is 0.649. The van der Waals surface area contributed by atoms with Gasteiger partial charge in [0.2, 0.25) is 0 Å². The van der Waals surface area contributed by atoms with Crippen molar-refractivity contribution < 1.29 is 14.6 Å². The van der Waals surface area contributed by atoms with Crippen LogP contribution in [0.1, 0.15) is 23.3 Å². The third-order valence-corrected chi connectivity index (χ3v) is 2.69. The smallest absolute Gasteiger partial charge is 0.354 e. The number of likely N-dealkylation sites (tertiary alicyclic amines) is 1. The second-order valence-electron chi connectivity index (χ2n) is 3.93. The molecule has 1 aromatic heterocycles. The van der Waals surface area contributed by atoms with Crippen LogP contribution in [0.25, 0.3) is 0 Å². The third-order valence-electron chi connectivity index (χ3n) is 2.69. The highest BCUT2D eigenvalue weighted by molar-refractivity contribution is 5.85. The van der Waals surface area contributed by atoms with Gasteiger partial charge in [0.05, 0.1) is 0 Å². The zero-order valence-electron chi connectivity index (χ0n) is 9.50. The largest absolute Gasteiger partial charge is 0.477 e. The minimum absolute atomic E-state index is 0.0452.